The molecule has 8 heteroatoms. The Morgan fingerprint density at radius 1 is 1.40 bits per heavy atom. The maximum Gasteiger partial charge on any atom is 0.223 e. The lowest BCUT2D eigenvalue weighted by molar-refractivity contribution is -0.124. The number of hydrogen-bond donors (Lipinski definition) is 2. The molecule has 3 N–H and O–H groups in total. The van der Waals surface area contributed by atoms with Crippen molar-refractivity contribution in [3.63, 3.8) is 0 Å². The van der Waals surface area contributed by atoms with Crippen molar-refractivity contribution >= 4 is 28.3 Å². The Labute approximate surface area is 127 Å². The van der Waals surface area contributed by atoms with Crippen LogP contribution < -0.4 is 11.1 Å². The third kappa shape index (κ3) is 5.95. The van der Waals surface area contributed by atoms with E-state index in [9.17, 15) is 13.2 Å². The molecule has 1 aliphatic rings. The van der Waals surface area contributed by atoms with Gasteiger partial charge < -0.3 is 11.1 Å². The summed E-state index contributed by atoms with van der Waals surface area (Å²) in [7, 11) is -1.55. The maximum atomic E-state index is 11.8. The van der Waals surface area contributed by atoms with Gasteiger partial charge in [0.05, 0.1) is 5.75 Å². The first-order chi connectivity index (χ1) is 8.86. The van der Waals surface area contributed by atoms with E-state index < -0.39 is 10.0 Å². The quantitative estimate of drug-likeness (QED) is 0.659. The zero-order valence-electron chi connectivity index (χ0n) is 12.2. The van der Waals surface area contributed by atoms with Crippen molar-refractivity contribution in [2.24, 2.45) is 11.7 Å². The summed E-state index contributed by atoms with van der Waals surface area (Å²) < 4.78 is 24.3. The van der Waals surface area contributed by atoms with Gasteiger partial charge in [0.2, 0.25) is 15.9 Å². The number of nitrogens with zero attached hydrogens (tertiary/aromatic N) is 1. The summed E-state index contributed by atoms with van der Waals surface area (Å²) in [4.78, 5) is 11.8. The molecular formula is C12H26ClN3O3S. The lowest BCUT2D eigenvalue weighted by Crippen LogP contribution is -2.34. The van der Waals surface area contributed by atoms with Gasteiger partial charge in [-0.05, 0) is 32.6 Å². The zero-order valence-corrected chi connectivity index (χ0v) is 13.8. The van der Waals surface area contributed by atoms with Crippen molar-refractivity contribution in [3.8, 4) is 0 Å². The average molecular weight is 328 g/mol. The van der Waals surface area contributed by atoms with E-state index in [1.807, 2.05) is 0 Å². The number of amides is 1. The summed E-state index contributed by atoms with van der Waals surface area (Å²) in [6.45, 7) is 2.56. The highest BCUT2D eigenvalue weighted by Gasteiger charge is 2.27. The number of sulfonamides is 1. The van der Waals surface area contributed by atoms with E-state index in [0.717, 1.165) is 19.3 Å². The van der Waals surface area contributed by atoms with Crippen LogP contribution in [-0.4, -0.2) is 50.6 Å². The van der Waals surface area contributed by atoms with Crippen LogP contribution in [0.25, 0.3) is 0 Å². The highest BCUT2D eigenvalue weighted by atomic mass is 35.5. The SMILES string of the molecule is CCS(=O)(=O)N(C)CCCNC(=O)C1CCC(N)C1.Cl. The second kappa shape index (κ2) is 8.81. The molecule has 6 nitrogen and oxygen atoms in total. The third-order valence-corrected chi connectivity index (χ3v) is 5.49. The van der Waals surface area contributed by atoms with Crippen LogP contribution in [0.3, 0.4) is 0 Å². The Bertz CT molecular complexity index is 403. The number of nitrogens with one attached hydrogen (secondary N) is 1. The topological polar surface area (TPSA) is 92.5 Å². The minimum absolute atomic E-state index is 0. The van der Waals surface area contributed by atoms with Crippen LogP contribution in [0.15, 0.2) is 0 Å². The molecule has 0 saturated heterocycles. The summed E-state index contributed by atoms with van der Waals surface area (Å²) in [6.07, 6.45) is 3.16. The fraction of sp³-hybridized carbons (Fsp3) is 0.917. The molecule has 0 spiro atoms. The Morgan fingerprint density at radius 2 is 2.05 bits per heavy atom. The number of rotatable bonds is 7. The first-order valence-electron chi connectivity index (χ1n) is 6.84. The van der Waals surface area contributed by atoms with Crippen LogP contribution in [0, 0.1) is 5.92 Å². The van der Waals surface area contributed by atoms with Crippen LogP contribution in [0.4, 0.5) is 0 Å². The number of nitrogens with two attached hydrogens (primary N) is 1. The van der Waals surface area contributed by atoms with Crippen molar-refractivity contribution in [3.05, 3.63) is 0 Å². The number of halogens is 1. The molecule has 0 aliphatic heterocycles. The molecule has 1 saturated carbocycles. The Hall–Kier alpha value is -0.370. The molecule has 2 unspecified atom stereocenters. The molecule has 0 aromatic carbocycles. The van der Waals surface area contributed by atoms with E-state index in [4.69, 9.17) is 5.73 Å². The van der Waals surface area contributed by atoms with Crippen LogP contribution in [0.1, 0.15) is 32.6 Å². The van der Waals surface area contributed by atoms with Gasteiger partial charge >= 0.3 is 0 Å². The van der Waals surface area contributed by atoms with Gasteiger partial charge in [-0.25, -0.2) is 12.7 Å². The zero-order chi connectivity index (χ0) is 14.5. The van der Waals surface area contributed by atoms with Gasteiger partial charge in [0.15, 0.2) is 0 Å². The molecule has 0 radical (unpaired) electrons. The molecule has 1 aliphatic carbocycles. The van der Waals surface area contributed by atoms with Gasteiger partial charge in [-0.15, -0.1) is 12.4 Å². The minimum Gasteiger partial charge on any atom is -0.356 e. The van der Waals surface area contributed by atoms with Crippen LogP contribution in [0.5, 0.6) is 0 Å². The Morgan fingerprint density at radius 3 is 2.55 bits per heavy atom. The third-order valence-electron chi connectivity index (χ3n) is 3.63. The van der Waals surface area contributed by atoms with Gasteiger partial charge in [-0.3, -0.25) is 4.79 Å². The van der Waals surface area contributed by atoms with Crippen LogP contribution in [-0.2, 0) is 14.8 Å². The lowest BCUT2D eigenvalue weighted by Gasteiger charge is -2.16. The molecular weight excluding hydrogens is 302 g/mol. The van der Waals surface area contributed by atoms with E-state index in [0.29, 0.717) is 19.5 Å². The normalized spacial score (nSPS) is 22.6. The van der Waals surface area contributed by atoms with Gasteiger partial charge in [0.25, 0.3) is 0 Å². The molecule has 2 atom stereocenters. The molecule has 0 heterocycles. The summed E-state index contributed by atoms with van der Waals surface area (Å²) in [5.41, 5.74) is 5.77. The summed E-state index contributed by atoms with van der Waals surface area (Å²) in [5.74, 6) is 0.191. The molecule has 1 rings (SSSR count). The smallest absolute Gasteiger partial charge is 0.223 e. The average Bonchev–Trinajstić information content (AvgIpc) is 2.80. The molecule has 20 heavy (non-hydrogen) atoms. The van der Waals surface area contributed by atoms with Crippen molar-refractivity contribution in [1.29, 1.82) is 0 Å². The molecule has 1 fully saturated rings. The standard InChI is InChI=1S/C12H25N3O3S.ClH/c1-3-19(17,18)15(2)8-4-7-14-12(16)10-5-6-11(13)9-10;/h10-11H,3-9,13H2,1-2H3,(H,14,16);1H. The maximum absolute atomic E-state index is 11.8. The largest absolute Gasteiger partial charge is 0.356 e. The van der Waals surface area contributed by atoms with Crippen molar-refractivity contribution in [1.82, 2.24) is 9.62 Å². The molecule has 1 amide bonds. The number of carbonyl (C=O) groups is 1. The monoisotopic (exact) mass is 327 g/mol. The number of carbonyl (C=O) groups excluding carboxylic acids is 1. The van der Waals surface area contributed by atoms with Crippen molar-refractivity contribution < 1.29 is 13.2 Å². The predicted octanol–water partition coefficient (Wildman–Crippen LogP) is 0.323. The van der Waals surface area contributed by atoms with Crippen molar-refractivity contribution in [2.75, 3.05) is 25.9 Å². The Kier molecular flexibility index (Phi) is 8.65. The van der Waals surface area contributed by atoms with E-state index in [-0.39, 0.29) is 36.0 Å². The second-order valence-electron chi connectivity index (χ2n) is 5.14. The van der Waals surface area contributed by atoms with Gasteiger partial charge in [0, 0.05) is 32.1 Å². The molecule has 120 valence electrons. The molecule has 0 aromatic rings. The van der Waals surface area contributed by atoms with Gasteiger partial charge in [0.1, 0.15) is 0 Å². The van der Waals surface area contributed by atoms with E-state index in [1.165, 1.54) is 4.31 Å². The predicted molar refractivity (Wildman–Crippen MR) is 82.3 cm³/mol. The van der Waals surface area contributed by atoms with Crippen molar-refractivity contribution in [2.45, 2.75) is 38.6 Å². The lowest BCUT2D eigenvalue weighted by atomic mass is 10.1. The van der Waals surface area contributed by atoms with E-state index in [2.05, 4.69) is 5.32 Å². The van der Waals surface area contributed by atoms with E-state index in [1.54, 1.807) is 14.0 Å². The Balaban J connectivity index is 0.00000361. The van der Waals surface area contributed by atoms with E-state index >= 15 is 0 Å². The fourth-order valence-electron chi connectivity index (χ4n) is 2.27. The molecule has 0 aromatic heterocycles. The highest BCUT2D eigenvalue weighted by Crippen LogP contribution is 2.23. The first-order valence-corrected chi connectivity index (χ1v) is 8.45. The first kappa shape index (κ1) is 19.6. The minimum atomic E-state index is -3.12. The summed E-state index contributed by atoms with van der Waals surface area (Å²) >= 11 is 0. The molecule has 0 bridgehead atoms. The fourth-order valence-corrected chi connectivity index (χ4v) is 3.12. The van der Waals surface area contributed by atoms with Gasteiger partial charge in [-0.1, -0.05) is 0 Å². The summed E-state index contributed by atoms with van der Waals surface area (Å²) in [6, 6.07) is 0.150. The number of hydrogen-bond acceptors (Lipinski definition) is 4. The van der Waals surface area contributed by atoms with Crippen LogP contribution in [0.2, 0.25) is 0 Å². The van der Waals surface area contributed by atoms with Crippen LogP contribution >= 0.6 is 12.4 Å². The second-order valence-corrected chi connectivity index (χ2v) is 7.50. The summed E-state index contributed by atoms with van der Waals surface area (Å²) in [5, 5.41) is 2.85. The van der Waals surface area contributed by atoms with Gasteiger partial charge in [-0.2, -0.15) is 0 Å². The highest BCUT2D eigenvalue weighted by molar-refractivity contribution is 7.89.